The first-order chi connectivity index (χ1) is 12.2. The molecule has 0 bridgehead atoms. The Morgan fingerprint density at radius 1 is 1.36 bits per heavy atom. The number of rotatable bonds is 7. The van der Waals surface area contributed by atoms with Crippen LogP contribution in [0.5, 0.6) is 0 Å². The zero-order valence-electron chi connectivity index (χ0n) is 14.2. The van der Waals surface area contributed by atoms with E-state index < -0.39 is 0 Å². The first kappa shape index (κ1) is 17.7. The number of amides is 1. The van der Waals surface area contributed by atoms with Crippen molar-refractivity contribution in [1.82, 2.24) is 10.3 Å². The number of hydrogen-bond acceptors (Lipinski definition) is 4. The fraction of sp³-hybridized carbons (Fsp3) is 0.368. The Balaban J connectivity index is 1.77. The molecule has 1 aliphatic rings. The number of carbonyl (C=O) groups excluding carboxylic acids is 1. The fourth-order valence-corrected chi connectivity index (χ4v) is 2.96. The maximum Gasteiger partial charge on any atom is 0.257 e. The highest BCUT2D eigenvalue weighted by Crippen LogP contribution is 2.33. The molecule has 1 unspecified atom stereocenters. The van der Waals surface area contributed by atoms with Gasteiger partial charge >= 0.3 is 0 Å². The van der Waals surface area contributed by atoms with E-state index in [9.17, 15) is 4.79 Å². The van der Waals surface area contributed by atoms with E-state index >= 15 is 0 Å². The van der Waals surface area contributed by atoms with E-state index in [0.29, 0.717) is 11.4 Å². The van der Waals surface area contributed by atoms with Gasteiger partial charge in [-0.3, -0.25) is 4.79 Å². The number of carbonyl (C=O) groups is 1. The second-order valence-corrected chi connectivity index (χ2v) is 6.49. The van der Waals surface area contributed by atoms with Gasteiger partial charge in [0.05, 0.1) is 18.5 Å². The van der Waals surface area contributed by atoms with Crippen molar-refractivity contribution in [3.05, 3.63) is 59.0 Å². The van der Waals surface area contributed by atoms with E-state index in [1.807, 2.05) is 36.4 Å². The molecule has 2 heterocycles. The summed E-state index contributed by atoms with van der Waals surface area (Å²) in [6, 6.07) is 11.0. The van der Waals surface area contributed by atoms with Crippen LogP contribution in [0.2, 0.25) is 5.02 Å². The van der Waals surface area contributed by atoms with Crippen LogP contribution in [-0.4, -0.2) is 29.7 Å². The Hall–Kier alpha value is -2.11. The van der Waals surface area contributed by atoms with Crippen molar-refractivity contribution >= 4 is 23.2 Å². The Kier molecular flexibility index (Phi) is 5.89. The van der Waals surface area contributed by atoms with Crippen LogP contribution in [0.15, 0.2) is 52.2 Å². The maximum absolute atomic E-state index is 12.6. The first-order valence-corrected chi connectivity index (χ1v) is 8.96. The van der Waals surface area contributed by atoms with Gasteiger partial charge in [0.1, 0.15) is 11.8 Å². The maximum atomic E-state index is 12.6. The van der Waals surface area contributed by atoms with Crippen molar-refractivity contribution in [2.45, 2.75) is 32.2 Å². The van der Waals surface area contributed by atoms with Gasteiger partial charge in [-0.1, -0.05) is 37.1 Å². The van der Waals surface area contributed by atoms with Gasteiger partial charge in [-0.2, -0.15) is 5.10 Å². The van der Waals surface area contributed by atoms with Gasteiger partial charge in [0.25, 0.3) is 5.91 Å². The lowest BCUT2D eigenvalue weighted by Gasteiger charge is -2.20. The summed E-state index contributed by atoms with van der Waals surface area (Å²) in [6.45, 7) is 3.23. The quantitative estimate of drug-likeness (QED) is 0.760. The Morgan fingerprint density at radius 2 is 2.16 bits per heavy atom. The van der Waals surface area contributed by atoms with Crippen molar-refractivity contribution in [1.29, 1.82) is 0 Å². The normalized spacial score (nSPS) is 17.0. The summed E-state index contributed by atoms with van der Waals surface area (Å²) < 4.78 is 5.54. The van der Waals surface area contributed by atoms with Gasteiger partial charge < -0.3 is 9.73 Å². The third kappa shape index (κ3) is 4.30. The number of halogens is 1. The molecule has 1 aliphatic heterocycles. The molecule has 6 heteroatoms. The molecule has 1 amide bonds. The lowest BCUT2D eigenvalue weighted by molar-refractivity contribution is -0.132. The summed E-state index contributed by atoms with van der Waals surface area (Å²) in [5, 5.41) is 9.99. The van der Waals surface area contributed by atoms with Gasteiger partial charge in [0, 0.05) is 11.4 Å². The zero-order chi connectivity index (χ0) is 17.6. The smallest absolute Gasteiger partial charge is 0.257 e. The summed E-state index contributed by atoms with van der Waals surface area (Å²) in [7, 11) is 0. The third-order valence-corrected chi connectivity index (χ3v) is 4.45. The molecule has 1 aromatic carbocycles. The van der Waals surface area contributed by atoms with E-state index in [2.05, 4.69) is 17.3 Å². The average Bonchev–Trinajstić information content (AvgIpc) is 3.28. The van der Waals surface area contributed by atoms with Crippen LogP contribution in [0, 0.1) is 0 Å². The van der Waals surface area contributed by atoms with Gasteiger partial charge in [-0.15, -0.1) is 0 Å². The number of unbranched alkanes of at least 4 members (excludes halogenated alkanes) is 1. The molecule has 5 nitrogen and oxygen atoms in total. The molecular formula is C19H22ClN3O2. The van der Waals surface area contributed by atoms with Crippen molar-refractivity contribution in [3.63, 3.8) is 0 Å². The molecule has 2 aromatic rings. The minimum absolute atomic E-state index is 0.0542. The van der Waals surface area contributed by atoms with Gasteiger partial charge in [-0.25, -0.2) is 5.01 Å². The molecule has 1 aromatic heterocycles. The van der Waals surface area contributed by atoms with Crippen LogP contribution in [-0.2, 0) is 4.79 Å². The summed E-state index contributed by atoms with van der Waals surface area (Å²) >= 11 is 5.96. The summed E-state index contributed by atoms with van der Waals surface area (Å²) in [6.07, 6.45) is 4.39. The largest absolute Gasteiger partial charge is 0.467 e. The molecule has 0 aliphatic carbocycles. The summed E-state index contributed by atoms with van der Waals surface area (Å²) in [4.78, 5) is 12.6. The van der Waals surface area contributed by atoms with E-state index in [1.54, 1.807) is 11.3 Å². The number of nitrogens with zero attached hydrogens (tertiary/aromatic N) is 2. The van der Waals surface area contributed by atoms with E-state index in [0.717, 1.165) is 36.4 Å². The van der Waals surface area contributed by atoms with Gasteiger partial charge in [0.15, 0.2) is 0 Å². The van der Waals surface area contributed by atoms with Crippen LogP contribution in [0.4, 0.5) is 0 Å². The van der Waals surface area contributed by atoms with Gasteiger partial charge in [-0.05, 0) is 42.8 Å². The topological polar surface area (TPSA) is 57.8 Å². The van der Waals surface area contributed by atoms with Crippen LogP contribution in [0.3, 0.4) is 0 Å². The zero-order valence-corrected chi connectivity index (χ0v) is 15.0. The molecule has 3 rings (SSSR count). The highest BCUT2D eigenvalue weighted by molar-refractivity contribution is 6.30. The van der Waals surface area contributed by atoms with Gasteiger partial charge in [0.2, 0.25) is 0 Å². The number of hydrogen-bond donors (Lipinski definition) is 1. The lowest BCUT2D eigenvalue weighted by Crippen LogP contribution is -2.35. The molecule has 132 valence electrons. The summed E-state index contributed by atoms with van der Waals surface area (Å²) in [5.74, 6) is 0.691. The second kappa shape index (κ2) is 8.32. The average molecular weight is 360 g/mol. The number of hydrazone groups is 1. The number of furan rings is 1. The molecule has 1 N–H and O–H groups in total. The minimum atomic E-state index is -0.207. The highest BCUT2D eigenvalue weighted by Gasteiger charge is 2.34. The fourth-order valence-electron chi connectivity index (χ4n) is 2.84. The standard InChI is InChI=1S/C19H22ClN3O2/c1-2-3-10-21-13-19(24)23-17(18-5-4-11-25-18)12-16(22-23)14-6-8-15(20)9-7-14/h4-9,11,17,21H,2-3,10,12-13H2,1H3. The Labute approximate surface area is 152 Å². The van der Waals surface area contributed by atoms with E-state index in [4.69, 9.17) is 16.0 Å². The van der Waals surface area contributed by atoms with Crippen LogP contribution < -0.4 is 5.32 Å². The molecule has 1 atom stereocenters. The molecule has 25 heavy (non-hydrogen) atoms. The van der Waals surface area contributed by atoms with Crippen molar-refractivity contribution < 1.29 is 9.21 Å². The second-order valence-electron chi connectivity index (χ2n) is 6.06. The summed E-state index contributed by atoms with van der Waals surface area (Å²) in [5.41, 5.74) is 1.83. The van der Waals surface area contributed by atoms with Crippen molar-refractivity contribution in [2.24, 2.45) is 5.10 Å². The van der Waals surface area contributed by atoms with Crippen molar-refractivity contribution in [2.75, 3.05) is 13.1 Å². The van der Waals surface area contributed by atoms with Crippen LogP contribution >= 0.6 is 11.6 Å². The SMILES string of the molecule is CCCCNCC(=O)N1N=C(c2ccc(Cl)cc2)CC1c1ccco1. The van der Waals surface area contributed by atoms with E-state index in [-0.39, 0.29) is 18.5 Å². The third-order valence-electron chi connectivity index (χ3n) is 4.20. The predicted octanol–water partition coefficient (Wildman–Crippen LogP) is 4.00. The number of benzene rings is 1. The monoisotopic (exact) mass is 359 g/mol. The number of nitrogens with one attached hydrogen (secondary N) is 1. The first-order valence-electron chi connectivity index (χ1n) is 8.58. The molecule has 0 saturated heterocycles. The van der Waals surface area contributed by atoms with Crippen molar-refractivity contribution in [3.8, 4) is 0 Å². The Morgan fingerprint density at radius 3 is 2.84 bits per heavy atom. The lowest BCUT2D eigenvalue weighted by atomic mass is 10.0. The molecular weight excluding hydrogens is 338 g/mol. The Bertz CT molecular complexity index is 726. The van der Waals surface area contributed by atoms with E-state index in [1.165, 1.54) is 0 Å². The molecule has 0 saturated carbocycles. The molecule has 0 spiro atoms. The minimum Gasteiger partial charge on any atom is -0.467 e. The van der Waals surface area contributed by atoms with Crippen LogP contribution in [0.1, 0.15) is 43.6 Å². The molecule has 0 fully saturated rings. The highest BCUT2D eigenvalue weighted by atomic mass is 35.5. The molecule has 0 radical (unpaired) electrons. The van der Waals surface area contributed by atoms with Crippen LogP contribution in [0.25, 0.3) is 0 Å². The predicted molar refractivity (Wildman–Crippen MR) is 98.7 cm³/mol.